The highest BCUT2D eigenvalue weighted by Crippen LogP contribution is 2.19. The van der Waals surface area contributed by atoms with Crippen LogP contribution in [0.15, 0.2) is 24.3 Å². The molecule has 0 aliphatic heterocycles. The van der Waals surface area contributed by atoms with Crippen molar-refractivity contribution in [1.29, 1.82) is 5.26 Å². The summed E-state index contributed by atoms with van der Waals surface area (Å²) in [5.41, 5.74) is 0.823. The van der Waals surface area contributed by atoms with Crippen LogP contribution >= 0.6 is 0 Å². The summed E-state index contributed by atoms with van der Waals surface area (Å²) in [5, 5.41) is 18.7. The molecule has 0 heterocycles. The predicted molar refractivity (Wildman–Crippen MR) is 66.3 cm³/mol. The maximum absolute atomic E-state index is 10.1. The van der Waals surface area contributed by atoms with Crippen molar-refractivity contribution < 1.29 is 14.2 Å². The number of rotatable bonds is 5. The zero-order valence-corrected chi connectivity index (χ0v) is 10.4. The predicted octanol–water partition coefficient (Wildman–Crippen LogP) is 0.905. The fraction of sp³-hybridized carbons (Fsp3) is 0.417. The molecule has 0 saturated carbocycles. The van der Waals surface area contributed by atoms with Crippen molar-refractivity contribution in [1.82, 2.24) is 0 Å². The molecule has 0 bridgehead atoms. The topological polar surface area (TPSA) is 53.2 Å². The number of hydrogen-bond acceptors (Lipinski definition) is 3. The van der Waals surface area contributed by atoms with Crippen LogP contribution in [0.1, 0.15) is 11.7 Å². The molecule has 0 aliphatic carbocycles. The summed E-state index contributed by atoms with van der Waals surface area (Å²) in [6, 6.07) is 7.28. The molecule has 2 radical (unpaired) electrons. The Bertz CT molecular complexity index is 398. The van der Waals surface area contributed by atoms with Crippen molar-refractivity contribution in [2.45, 2.75) is 6.10 Å². The summed E-state index contributed by atoms with van der Waals surface area (Å²) >= 11 is 0. The van der Waals surface area contributed by atoms with Crippen LogP contribution < -0.4 is 4.74 Å². The average molecular weight is 232 g/mol. The van der Waals surface area contributed by atoms with Crippen LogP contribution in [0.2, 0.25) is 0 Å². The number of quaternary nitrogens is 1. The molecule has 17 heavy (non-hydrogen) atoms. The van der Waals surface area contributed by atoms with Gasteiger partial charge in [-0.2, -0.15) is 0 Å². The molecule has 0 aliphatic rings. The molecule has 4 nitrogen and oxygen atoms in total. The van der Waals surface area contributed by atoms with E-state index in [1.807, 2.05) is 44.3 Å². The van der Waals surface area contributed by atoms with Crippen molar-refractivity contribution in [2.75, 3.05) is 27.7 Å². The van der Waals surface area contributed by atoms with Gasteiger partial charge in [0.25, 0.3) is 0 Å². The third-order valence-electron chi connectivity index (χ3n) is 2.55. The fourth-order valence-corrected chi connectivity index (χ4v) is 1.59. The maximum Gasteiger partial charge on any atom is 0.126 e. The number of ether oxygens (including phenoxy) is 1. The fourth-order valence-electron chi connectivity index (χ4n) is 1.59. The van der Waals surface area contributed by atoms with E-state index < -0.39 is 6.10 Å². The highest BCUT2D eigenvalue weighted by molar-refractivity contribution is 6.36. The van der Waals surface area contributed by atoms with Gasteiger partial charge in [0.2, 0.25) is 0 Å². The molecule has 1 rings (SSSR count). The quantitative estimate of drug-likeness (QED) is 0.767. The van der Waals surface area contributed by atoms with E-state index in [2.05, 4.69) is 0 Å². The second-order valence-corrected chi connectivity index (χ2v) is 4.51. The van der Waals surface area contributed by atoms with E-state index in [-0.39, 0.29) is 0 Å². The lowest BCUT2D eigenvalue weighted by atomic mass is 9.90. The summed E-state index contributed by atoms with van der Waals surface area (Å²) in [4.78, 5) is 0. The minimum absolute atomic E-state index is 0.351. The third kappa shape index (κ3) is 4.10. The number of benzene rings is 1. The van der Waals surface area contributed by atoms with Gasteiger partial charge in [0.1, 0.15) is 19.3 Å². The molecule has 0 aromatic heterocycles. The standard InChI is InChI=1S/C12H17BN2O2/c1-15(2,13-9-14)8-12(16)10-4-6-11(17-3)7-5-10/h4-7,12,16H,8H2,1-3H3. The highest BCUT2D eigenvalue weighted by atomic mass is 16.5. The Morgan fingerprint density at radius 1 is 1.41 bits per heavy atom. The second-order valence-electron chi connectivity index (χ2n) is 4.51. The van der Waals surface area contributed by atoms with Gasteiger partial charge >= 0.3 is 0 Å². The Balaban J connectivity index is 2.69. The molecule has 1 unspecified atom stereocenters. The zero-order valence-electron chi connectivity index (χ0n) is 10.4. The molecule has 5 heteroatoms. The van der Waals surface area contributed by atoms with Crippen LogP contribution in [0.5, 0.6) is 5.75 Å². The molecule has 0 amide bonds. The first-order chi connectivity index (χ1) is 7.98. The van der Waals surface area contributed by atoms with E-state index >= 15 is 0 Å². The number of aliphatic hydroxyl groups excluding tert-OH is 1. The van der Waals surface area contributed by atoms with E-state index in [4.69, 9.17) is 10.00 Å². The molecule has 0 fully saturated rings. The molecular weight excluding hydrogens is 215 g/mol. The lowest BCUT2D eigenvalue weighted by molar-refractivity contribution is -0.782. The van der Waals surface area contributed by atoms with Crippen LogP contribution in [0.25, 0.3) is 0 Å². The van der Waals surface area contributed by atoms with Crippen molar-refractivity contribution in [3.63, 3.8) is 0 Å². The normalized spacial score (nSPS) is 12.9. The molecule has 1 N–H and O–H groups in total. The van der Waals surface area contributed by atoms with Gasteiger partial charge in [-0.3, -0.25) is 0 Å². The first kappa shape index (κ1) is 13.6. The van der Waals surface area contributed by atoms with Crippen LogP contribution in [0.4, 0.5) is 0 Å². The summed E-state index contributed by atoms with van der Waals surface area (Å²) in [5.74, 6) is 2.76. The van der Waals surface area contributed by atoms with Crippen LogP contribution in [0.3, 0.4) is 0 Å². The van der Waals surface area contributed by atoms with Gasteiger partial charge in [-0.15, -0.1) is 5.97 Å². The smallest absolute Gasteiger partial charge is 0.126 e. The van der Waals surface area contributed by atoms with Crippen molar-refractivity contribution >= 4 is 7.41 Å². The molecule has 1 atom stereocenters. The summed E-state index contributed by atoms with van der Waals surface area (Å²) in [6.07, 6.45) is -0.597. The average Bonchev–Trinajstić information content (AvgIpc) is 2.28. The first-order valence-corrected chi connectivity index (χ1v) is 5.37. The summed E-state index contributed by atoms with van der Waals surface area (Å²) in [6.45, 7) is 0.458. The monoisotopic (exact) mass is 232 g/mol. The minimum atomic E-state index is -0.597. The number of aliphatic hydroxyl groups is 1. The van der Waals surface area contributed by atoms with Gasteiger partial charge in [-0.25, -0.2) is 5.26 Å². The SMILES string of the molecule is COc1ccc(C(O)C[N+](C)(C)[B-]C#N)cc1. The van der Waals surface area contributed by atoms with Gasteiger partial charge < -0.3 is 14.2 Å². The molecule has 90 valence electrons. The Hall–Kier alpha value is -1.51. The molecule has 0 spiro atoms. The molecular formula is C12H17BN2O2. The van der Waals surface area contributed by atoms with Gasteiger partial charge in [0, 0.05) is 14.1 Å². The van der Waals surface area contributed by atoms with Gasteiger partial charge in [0.15, 0.2) is 0 Å². The van der Waals surface area contributed by atoms with E-state index in [0.29, 0.717) is 10.9 Å². The summed E-state index contributed by atoms with van der Waals surface area (Å²) < 4.78 is 5.40. The number of nitrogens with zero attached hydrogens (tertiary/aromatic N) is 2. The second kappa shape index (κ2) is 5.71. The van der Waals surface area contributed by atoms with Crippen LogP contribution in [0, 0.1) is 11.2 Å². The number of nitriles is 1. The van der Waals surface area contributed by atoms with Crippen molar-refractivity contribution in [3.05, 3.63) is 29.8 Å². The zero-order chi connectivity index (χ0) is 12.9. The lowest BCUT2D eigenvalue weighted by Crippen LogP contribution is -2.45. The van der Waals surface area contributed by atoms with Crippen LogP contribution in [-0.2, 0) is 0 Å². The van der Waals surface area contributed by atoms with Crippen LogP contribution in [-0.4, -0.2) is 44.7 Å². The van der Waals surface area contributed by atoms with Crippen molar-refractivity contribution in [3.8, 4) is 11.7 Å². The van der Waals surface area contributed by atoms with E-state index in [1.54, 1.807) is 7.11 Å². The molecule has 0 saturated heterocycles. The molecule has 1 aromatic rings. The lowest BCUT2D eigenvalue weighted by Gasteiger charge is -2.41. The maximum atomic E-state index is 10.1. The minimum Gasteiger partial charge on any atom is -0.550 e. The van der Waals surface area contributed by atoms with E-state index in [0.717, 1.165) is 11.3 Å². The Kier molecular flexibility index (Phi) is 4.56. The van der Waals surface area contributed by atoms with Gasteiger partial charge in [0.05, 0.1) is 13.7 Å². The van der Waals surface area contributed by atoms with Crippen molar-refractivity contribution in [2.24, 2.45) is 0 Å². The van der Waals surface area contributed by atoms with E-state index in [9.17, 15) is 5.11 Å². The Labute approximate surface area is 103 Å². The summed E-state index contributed by atoms with van der Waals surface area (Å²) in [7, 11) is 6.84. The number of methoxy groups -OCH3 is 1. The third-order valence-corrected chi connectivity index (χ3v) is 2.55. The molecule has 1 aromatic carbocycles. The largest absolute Gasteiger partial charge is 0.550 e. The number of likely N-dealkylation sites (N-methyl/N-ethyl adjacent to an activating group) is 1. The van der Waals surface area contributed by atoms with Gasteiger partial charge in [-0.1, -0.05) is 12.1 Å². The first-order valence-electron chi connectivity index (χ1n) is 5.37. The Morgan fingerprint density at radius 2 is 2.00 bits per heavy atom. The Morgan fingerprint density at radius 3 is 2.47 bits per heavy atom. The number of hydrogen-bond donors (Lipinski definition) is 1. The van der Waals surface area contributed by atoms with Gasteiger partial charge in [-0.05, 0) is 17.7 Å². The van der Waals surface area contributed by atoms with E-state index in [1.165, 1.54) is 7.41 Å². The highest BCUT2D eigenvalue weighted by Gasteiger charge is 2.14.